The fraction of sp³-hybridized carbons (Fsp3) is 0.933. The molecular formula is C15H32N. The van der Waals surface area contributed by atoms with Crippen molar-refractivity contribution in [3.8, 4) is 0 Å². The van der Waals surface area contributed by atoms with Crippen LogP contribution >= 0.6 is 0 Å². The highest BCUT2D eigenvalue weighted by molar-refractivity contribution is 4.67. The monoisotopic (exact) mass is 226 g/mol. The third kappa shape index (κ3) is 12.0. The molecule has 1 nitrogen and oxygen atoms in total. The molecule has 1 unspecified atom stereocenters. The first kappa shape index (κ1) is 16.0. The summed E-state index contributed by atoms with van der Waals surface area (Å²) in [5, 5.41) is 0. The first-order valence-corrected chi connectivity index (χ1v) is 7.33. The average molecular weight is 226 g/mol. The minimum Gasteiger partial charge on any atom is -0.330 e. The van der Waals surface area contributed by atoms with Gasteiger partial charge in [-0.25, -0.2) is 0 Å². The normalized spacial score (nSPS) is 12.9. The van der Waals surface area contributed by atoms with E-state index in [1.54, 1.807) is 0 Å². The lowest BCUT2D eigenvalue weighted by Gasteiger charge is -2.10. The van der Waals surface area contributed by atoms with E-state index >= 15 is 0 Å². The first-order valence-electron chi connectivity index (χ1n) is 7.33. The first-order chi connectivity index (χ1) is 7.81. The molecule has 1 atom stereocenters. The highest BCUT2D eigenvalue weighted by Crippen LogP contribution is 2.17. The summed E-state index contributed by atoms with van der Waals surface area (Å²) in [6.45, 7) is 5.53. The number of hydrogen-bond acceptors (Lipinski definition) is 1. The summed E-state index contributed by atoms with van der Waals surface area (Å²) >= 11 is 0. The highest BCUT2D eigenvalue weighted by Gasteiger charge is 2.01. The van der Waals surface area contributed by atoms with Crippen molar-refractivity contribution in [3.05, 3.63) is 6.42 Å². The molecule has 0 aromatic heterocycles. The maximum Gasteiger partial charge on any atom is -0.00773 e. The molecule has 97 valence electrons. The molecule has 0 aromatic carbocycles. The van der Waals surface area contributed by atoms with Gasteiger partial charge in [0.25, 0.3) is 0 Å². The van der Waals surface area contributed by atoms with Crippen LogP contribution < -0.4 is 5.73 Å². The second-order valence-electron chi connectivity index (χ2n) is 5.10. The Morgan fingerprint density at radius 3 is 2.44 bits per heavy atom. The maximum absolute atomic E-state index is 5.46. The van der Waals surface area contributed by atoms with Crippen LogP contribution in [0.1, 0.15) is 78.1 Å². The molecule has 0 amide bonds. The van der Waals surface area contributed by atoms with Crippen LogP contribution in [0, 0.1) is 12.3 Å². The Morgan fingerprint density at radius 2 is 1.75 bits per heavy atom. The minimum absolute atomic E-state index is 0.849. The summed E-state index contributed by atoms with van der Waals surface area (Å²) < 4.78 is 0. The van der Waals surface area contributed by atoms with Crippen molar-refractivity contribution >= 4 is 0 Å². The van der Waals surface area contributed by atoms with Gasteiger partial charge in [-0.1, -0.05) is 65.2 Å². The molecule has 0 saturated carbocycles. The van der Waals surface area contributed by atoms with Gasteiger partial charge in [0.05, 0.1) is 0 Å². The summed E-state index contributed by atoms with van der Waals surface area (Å²) in [4.78, 5) is 0. The lowest BCUT2D eigenvalue weighted by molar-refractivity contribution is 0.455. The molecule has 0 bridgehead atoms. The molecule has 2 N–H and O–H groups in total. The Bertz CT molecular complexity index is 123. The third-order valence-corrected chi connectivity index (χ3v) is 3.28. The third-order valence-electron chi connectivity index (χ3n) is 3.28. The van der Waals surface area contributed by atoms with E-state index in [-0.39, 0.29) is 0 Å². The van der Waals surface area contributed by atoms with Crippen molar-refractivity contribution < 1.29 is 0 Å². The zero-order chi connectivity index (χ0) is 12.1. The van der Waals surface area contributed by atoms with E-state index in [9.17, 15) is 0 Å². The smallest absolute Gasteiger partial charge is 0.00773 e. The van der Waals surface area contributed by atoms with E-state index in [2.05, 4.69) is 20.3 Å². The van der Waals surface area contributed by atoms with E-state index in [4.69, 9.17) is 5.73 Å². The Hall–Kier alpha value is -0.0400. The van der Waals surface area contributed by atoms with Crippen LogP contribution in [-0.2, 0) is 0 Å². The van der Waals surface area contributed by atoms with Crippen LogP contribution in [0.25, 0.3) is 0 Å². The molecule has 16 heavy (non-hydrogen) atoms. The zero-order valence-electron chi connectivity index (χ0n) is 11.5. The van der Waals surface area contributed by atoms with Crippen molar-refractivity contribution in [3.63, 3.8) is 0 Å². The van der Waals surface area contributed by atoms with E-state index in [1.165, 1.54) is 64.2 Å². The fourth-order valence-corrected chi connectivity index (χ4v) is 2.04. The second-order valence-corrected chi connectivity index (χ2v) is 5.10. The van der Waals surface area contributed by atoms with Crippen molar-refractivity contribution in [1.29, 1.82) is 0 Å². The van der Waals surface area contributed by atoms with Crippen molar-refractivity contribution in [2.75, 3.05) is 6.54 Å². The SMILES string of the molecule is CCCCCCC(C)CC[CH]CCCCN. The molecule has 0 aliphatic carbocycles. The summed E-state index contributed by atoms with van der Waals surface area (Å²) in [5.41, 5.74) is 5.46. The van der Waals surface area contributed by atoms with Gasteiger partial charge in [0.15, 0.2) is 0 Å². The summed E-state index contributed by atoms with van der Waals surface area (Å²) in [5.74, 6) is 0.919. The lowest BCUT2D eigenvalue weighted by Crippen LogP contribution is -1.98. The number of rotatable bonds is 12. The van der Waals surface area contributed by atoms with Crippen LogP contribution in [0.2, 0.25) is 0 Å². The molecule has 1 heteroatoms. The molecule has 0 aliphatic heterocycles. The van der Waals surface area contributed by atoms with Gasteiger partial charge in [-0.2, -0.15) is 0 Å². The quantitative estimate of drug-likeness (QED) is 0.479. The fourth-order valence-electron chi connectivity index (χ4n) is 2.04. The number of unbranched alkanes of at least 4 members (excludes halogenated alkanes) is 7. The summed E-state index contributed by atoms with van der Waals surface area (Å²) in [6.07, 6.45) is 15.9. The Morgan fingerprint density at radius 1 is 0.938 bits per heavy atom. The topological polar surface area (TPSA) is 26.0 Å². The van der Waals surface area contributed by atoms with Gasteiger partial charge in [0, 0.05) is 0 Å². The Labute approximate surface area is 103 Å². The largest absolute Gasteiger partial charge is 0.330 e. The van der Waals surface area contributed by atoms with Gasteiger partial charge in [-0.15, -0.1) is 0 Å². The predicted octanol–water partition coefficient (Wildman–Crippen LogP) is 4.71. The Balaban J connectivity index is 3.08. The minimum atomic E-state index is 0.849. The maximum atomic E-state index is 5.46. The van der Waals surface area contributed by atoms with Crippen molar-refractivity contribution in [2.24, 2.45) is 11.7 Å². The van der Waals surface area contributed by atoms with Gasteiger partial charge in [-0.05, 0) is 31.7 Å². The van der Waals surface area contributed by atoms with E-state index in [0.29, 0.717) is 0 Å². The summed E-state index contributed by atoms with van der Waals surface area (Å²) in [7, 11) is 0. The highest BCUT2D eigenvalue weighted by atomic mass is 14.5. The van der Waals surface area contributed by atoms with Gasteiger partial charge in [0.2, 0.25) is 0 Å². The van der Waals surface area contributed by atoms with E-state index in [1.807, 2.05) is 0 Å². The molecule has 0 fully saturated rings. The molecule has 0 spiro atoms. The number of hydrogen-bond donors (Lipinski definition) is 1. The predicted molar refractivity (Wildman–Crippen MR) is 74.4 cm³/mol. The molecule has 0 aromatic rings. The molecule has 0 heterocycles. The Kier molecular flexibility index (Phi) is 13.0. The van der Waals surface area contributed by atoms with Gasteiger partial charge < -0.3 is 5.73 Å². The molecule has 0 aliphatic rings. The van der Waals surface area contributed by atoms with Crippen molar-refractivity contribution in [1.82, 2.24) is 0 Å². The van der Waals surface area contributed by atoms with E-state index < -0.39 is 0 Å². The molecular weight excluding hydrogens is 194 g/mol. The molecule has 0 rings (SSSR count). The zero-order valence-corrected chi connectivity index (χ0v) is 11.5. The molecule has 0 saturated heterocycles. The van der Waals surface area contributed by atoms with Crippen LogP contribution in [0.3, 0.4) is 0 Å². The van der Waals surface area contributed by atoms with Gasteiger partial charge in [0.1, 0.15) is 0 Å². The molecule has 1 radical (unpaired) electrons. The number of nitrogens with two attached hydrogens (primary N) is 1. The lowest BCUT2D eigenvalue weighted by atomic mass is 9.96. The van der Waals surface area contributed by atoms with Gasteiger partial charge >= 0.3 is 0 Å². The second kappa shape index (κ2) is 13.0. The van der Waals surface area contributed by atoms with Crippen molar-refractivity contribution in [2.45, 2.75) is 78.1 Å². The standard InChI is InChI=1S/C15H32N/c1-3-4-5-9-12-15(2)13-10-7-6-8-11-14-16/h7,15H,3-6,8-14,16H2,1-2H3. The van der Waals surface area contributed by atoms with Gasteiger partial charge in [-0.3, -0.25) is 0 Å². The average Bonchev–Trinajstić information content (AvgIpc) is 2.29. The van der Waals surface area contributed by atoms with Crippen LogP contribution in [0.5, 0.6) is 0 Å². The van der Waals surface area contributed by atoms with Crippen LogP contribution in [0.4, 0.5) is 0 Å². The summed E-state index contributed by atoms with van der Waals surface area (Å²) in [6, 6.07) is 0. The van der Waals surface area contributed by atoms with E-state index in [0.717, 1.165) is 12.5 Å². The van der Waals surface area contributed by atoms with Crippen LogP contribution in [-0.4, -0.2) is 6.54 Å². The van der Waals surface area contributed by atoms with Crippen LogP contribution in [0.15, 0.2) is 0 Å².